The minimum atomic E-state index is -4.70. The van der Waals surface area contributed by atoms with Crippen molar-refractivity contribution in [3.05, 3.63) is 48.0 Å². The van der Waals surface area contributed by atoms with Crippen LogP contribution in [0.25, 0.3) is 11.1 Å². The summed E-state index contributed by atoms with van der Waals surface area (Å²) in [4.78, 5) is 7.40. The Morgan fingerprint density at radius 3 is 2.54 bits per heavy atom. The number of nitrogens with zero attached hydrogens (tertiary/aromatic N) is 2. The molecule has 0 amide bonds. The van der Waals surface area contributed by atoms with Gasteiger partial charge in [-0.05, 0) is 41.8 Å². The van der Waals surface area contributed by atoms with Crippen molar-refractivity contribution in [1.82, 2.24) is 4.90 Å². The van der Waals surface area contributed by atoms with E-state index >= 15 is 0 Å². The molecule has 4 rings (SSSR count). The van der Waals surface area contributed by atoms with Gasteiger partial charge in [0, 0.05) is 23.5 Å². The first kappa shape index (κ1) is 17.0. The monoisotopic (exact) mass is 377 g/mol. The number of fused-ring (bicyclic) bond motifs is 3. The summed E-state index contributed by atoms with van der Waals surface area (Å²) in [5.41, 5.74) is 2.64. The van der Waals surface area contributed by atoms with E-state index in [0.717, 1.165) is 46.9 Å². The van der Waals surface area contributed by atoms with Gasteiger partial charge >= 0.3 is 6.36 Å². The number of hydrogen-bond donors (Lipinski definition) is 1. The molecule has 0 atom stereocenters. The molecule has 0 radical (unpaired) electrons. The lowest BCUT2D eigenvalue weighted by Crippen LogP contribution is -2.42. The van der Waals surface area contributed by atoms with E-state index in [4.69, 9.17) is 5.41 Å². The molecule has 0 bridgehead atoms. The van der Waals surface area contributed by atoms with E-state index in [0.29, 0.717) is 5.17 Å². The lowest BCUT2D eigenvalue weighted by molar-refractivity contribution is -0.274. The molecule has 0 saturated carbocycles. The molecule has 0 aliphatic carbocycles. The minimum Gasteiger partial charge on any atom is -0.406 e. The number of amidine groups is 2. The van der Waals surface area contributed by atoms with E-state index in [1.165, 1.54) is 23.9 Å². The normalized spacial score (nSPS) is 16.7. The Kier molecular flexibility index (Phi) is 4.14. The molecule has 0 unspecified atom stereocenters. The first-order valence-corrected chi connectivity index (χ1v) is 8.81. The molecule has 2 aromatic rings. The second kappa shape index (κ2) is 6.35. The molecule has 8 heteroatoms. The largest absolute Gasteiger partial charge is 0.573 e. The van der Waals surface area contributed by atoms with Crippen LogP contribution in [0.5, 0.6) is 5.75 Å². The van der Waals surface area contributed by atoms with Crippen LogP contribution in [0.2, 0.25) is 0 Å². The van der Waals surface area contributed by atoms with Crippen molar-refractivity contribution in [2.75, 3.05) is 13.1 Å². The van der Waals surface area contributed by atoms with E-state index < -0.39 is 6.36 Å². The fourth-order valence-electron chi connectivity index (χ4n) is 3.01. The van der Waals surface area contributed by atoms with Gasteiger partial charge in [0.25, 0.3) is 0 Å². The third-order valence-corrected chi connectivity index (χ3v) is 5.12. The summed E-state index contributed by atoms with van der Waals surface area (Å²) < 4.78 is 40.7. The summed E-state index contributed by atoms with van der Waals surface area (Å²) in [5.74, 6) is 0.582. The van der Waals surface area contributed by atoms with Gasteiger partial charge in [0.05, 0.1) is 0 Å². The van der Waals surface area contributed by atoms with E-state index in [-0.39, 0.29) is 5.75 Å². The highest BCUT2D eigenvalue weighted by molar-refractivity contribution is 8.14. The second-order valence-electron chi connectivity index (χ2n) is 5.90. The van der Waals surface area contributed by atoms with Crippen LogP contribution in [0.15, 0.2) is 52.4 Å². The topological polar surface area (TPSA) is 48.7 Å². The van der Waals surface area contributed by atoms with Crippen molar-refractivity contribution in [2.24, 2.45) is 4.99 Å². The SMILES string of the molecule is N=C1Sc2cc(-c3ccc(OC(F)(F)F)cc3)ccc2C2=NCCCN12. The number of alkyl halides is 3. The van der Waals surface area contributed by atoms with E-state index in [2.05, 4.69) is 9.73 Å². The zero-order valence-electron chi connectivity index (χ0n) is 13.5. The number of nitrogens with one attached hydrogen (secondary N) is 1. The number of ether oxygens (including phenoxy) is 1. The van der Waals surface area contributed by atoms with Gasteiger partial charge < -0.3 is 9.64 Å². The molecule has 0 saturated heterocycles. The average Bonchev–Trinajstić information content (AvgIpc) is 2.61. The third-order valence-electron chi connectivity index (χ3n) is 4.15. The predicted molar refractivity (Wildman–Crippen MR) is 94.9 cm³/mol. The highest BCUT2D eigenvalue weighted by Crippen LogP contribution is 2.36. The van der Waals surface area contributed by atoms with E-state index in [1.54, 1.807) is 12.1 Å². The van der Waals surface area contributed by atoms with Gasteiger partial charge in [0.1, 0.15) is 11.6 Å². The molecule has 2 aromatic carbocycles. The van der Waals surface area contributed by atoms with Crippen molar-refractivity contribution < 1.29 is 17.9 Å². The highest BCUT2D eigenvalue weighted by atomic mass is 32.2. The summed E-state index contributed by atoms with van der Waals surface area (Å²) >= 11 is 1.37. The quantitative estimate of drug-likeness (QED) is 0.822. The smallest absolute Gasteiger partial charge is 0.406 e. The van der Waals surface area contributed by atoms with Gasteiger partial charge in [-0.1, -0.05) is 30.0 Å². The van der Waals surface area contributed by atoms with Crippen molar-refractivity contribution in [3.63, 3.8) is 0 Å². The van der Waals surface area contributed by atoms with Crippen LogP contribution < -0.4 is 4.74 Å². The first-order valence-electron chi connectivity index (χ1n) is 8.00. The molecule has 2 aliphatic heterocycles. The molecule has 0 fully saturated rings. The highest BCUT2D eigenvalue weighted by Gasteiger charge is 2.31. The van der Waals surface area contributed by atoms with Crippen LogP contribution >= 0.6 is 11.8 Å². The molecule has 0 aromatic heterocycles. The van der Waals surface area contributed by atoms with Crippen LogP contribution in [-0.4, -0.2) is 35.4 Å². The fraction of sp³-hybridized carbons (Fsp3) is 0.222. The minimum absolute atomic E-state index is 0.248. The molecule has 134 valence electrons. The molecule has 2 aliphatic rings. The Morgan fingerprint density at radius 2 is 1.81 bits per heavy atom. The average molecular weight is 377 g/mol. The van der Waals surface area contributed by atoms with Crippen LogP contribution in [-0.2, 0) is 0 Å². The van der Waals surface area contributed by atoms with Crippen LogP contribution in [0, 0.1) is 5.41 Å². The third kappa shape index (κ3) is 3.29. The van der Waals surface area contributed by atoms with E-state index in [9.17, 15) is 13.2 Å². The summed E-state index contributed by atoms with van der Waals surface area (Å²) in [6.07, 6.45) is -3.76. The number of hydrogen-bond acceptors (Lipinski definition) is 4. The van der Waals surface area contributed by atoms with Crippen LogP contribution in [0.1, 0.15) is 12.0 Å². The van der Waals surface area contributed by atoms with Gasteiger partial charge in [-0.3, -0.25) is 10.4 Å². The zero-order valence-corrected chi connectivity index (χ0v) is 14.3. The molecule has 1 N–H and O–H groups in total. The number of benzene rings is 2. The summed E-state index contributed by atoms with van der Waals surface area (Å²) in [6, 6.07) is 11.6. The first-order chi connectivity index (χ1) is 12.4. The second-order valence-corrected chi connectivity index (χ2v) is 6.93. The van der Waals surface area contributed by atoms with Crippen molar-refractivity contribution >= 4 is 22.8 Å². The lowest BCUT2D eigenvalue weighted by atomic mass is 10.0. The number of thioether (sulfide) groups is 1. The van der Waals surface area contributed by atoms with Crippen molar-refractivity contribution in [3.8, 4) is 16.9 Å². The van der Waals surface area contributed by atoms with Crippen LogP contribution in [0.4, 0.5) is 13.2 Å². The summed E-state index contributed by atoms with van der Waals surface area (Å²) in [7, 11) is 0. The molecule has 4 nitrogen and oxygen atoms in total. The Labute approximate surface area is 152 Å². The summed E-state index contributed by atoms with van der Waals surface area (Å²) in [5, 5.41) is 8.66. The lowest BCUT2D eigenvalue weighted by Gasteiger charge is -2.34. The fourth-order valence-corrected chi connectivity index (χ4v) is 3.96. The maximum absolute atomic E-state index is 12.3. The maximum atomic E-state index is 12.3. The van der Waals surface area contributed by atoms with Gasteiger partial charge in [-0.25, -0.2) is 0 Å². The van der Waals surface area contributed by atoms with E-state index in [1.807, 2.05) is 23.1 Å². The Hall–Kier alpha value is -2.48. The van der Waals surface area contributed by atoms with Crippen LogP contribution in [0.3, 0.4) is 0 Å². The molecule has 26 heavy (non-hydrogen) atoms. The summed E-state index contributed by atoms with van der Waals surface area (Å²) in [6.45, 7) is 1.55. The van der Waals surface area contributed by atoms with Crippen molar-refractivity contribution in [2.45, 2.75) is 17.7 Å². The number of halogens is 3. The zero-order chi connectivity index (χ0) is 18.3. The molecule has 0 spiro atoms. The number of aliphatic imine (C=N–C) groups is 1. The Bertz CT molecular complexity index is 894. The molecule has 2 heterocycles. The van der Waals surface area contributed by atoms with Crippen molar-refractivity contribution in [1.29, 1.82) is 5.41 Å². The maximum Gasteiger partial charge on any atom is 0.573 e. The standard InChI is InChI=1S/C18H14F3N3OS/c19-18(20,21)25-13-5-2-11(3-6-13)12-4-7-14-15(10-12)26-17(22)24-9-1-8-23-16(14)24/h2-7,10,22H,1,8-9H2. The number of rotatable bonds is 2. The Morgan fingerprint density at radius 1 is 1.08 bits per heavy atom. The molecular weight excluding hydrogens is 363 g/mol. The van der Waals surface area contributed by atoms with Gasteiger partial charge in [-0.15, -0.1) is 13.2 Å². The van der Waals surface area contributed by atoms with Gasteiger partial charge in [0.2, 0.25) is 0 Å². The molecular formula is C18H14F3N3OS. The predicted octanol–water partition coefficient (Wildman–Crippen LogP) is 4.74. The van der Waals surface area contributed by atoms with Gasteiger partial charge in [0.15, 0.2) is 5.17 Å². The van der Waals surface area contributed by atoms with Gasteiger partial charge in [-0.2, -0.15) is 0 Å². The Balaban J connectivity index is 1.65.